The molecule has 1 aliphatic rings. The van der Waals surface area contributed by atoms with Gasteiger partial charge in [-0.25, -0.2) is 0 Å². The van der Waals surface area contributed by atoms with Crippen LogP contribution < -0.4 is 0 Å². The molecule has 1 heterocycles. The van der Waals surface area contributed by atoms with Crippen LogP contribution in [-0.4, -0.2) is 52.2 Å². The first kappa shape index (κ1) is 14.2. The zero-order chi connectivity index (χ0) is 14.2. The highest BCUT2D eigenvalue weighted by Crippen LogP contribution is 2.30. The van der Waals surface area contributed by atoms with Gasteiger partial charge in [-0.1, -0.05) is 0 Å². The van der Waals surface area contributed by atoms with E-state index in [-0.39, 0.29) is 17.5 Å². The zero-order valence-corrected chi connectivity index (χ0v) is 12.2. The molecule has 1 aromatic carbocycles. The van der Waals surface area contributed by atoms with Crippen LogP contribution in [0.3, 0.4) is 0 Å². The van der Waals surface area contributed by atoms with Crippen LogP contribution in [0.2, 0.25) is 0 Å². The molecule has 106 valence electrons. The third kappa shape index (κ3) is 3.01. The van der Waals surface area contributed by atoms with Gasteiger partial charge in [-0.2, -0.15) is 0 Å². The molecule has 0 bridgehead atoms. The lowest BCUT2D eigenvalue weighted by Gasteiger charge is -2.45. The van der Waals surface area contributed by atoms with E-state index < -0.39 is 0 Å². The van der Waals surface area contributed by atoms with Gasteiger partial charge in [0.25, 0.3) is 0 Å². The van der Waals surface area contributed by atoms with Gasteiger partial charge in [0, 0.05) is 37.3 Å². The third-order valence-electron chi connectivity index (χ3n) is 4.34. The van der Waals surface area contributed by atoms with Crippen LogP contribution in [0.4, 0.5) is 0 Å². The van der Waals surface area contributed by atoms with E-state index in [1.54, 1.807) is 12.1 Å². The summed E-state index contributed by atoms with van der Waals surface area (Å²) in [5.41, 5.74) is 0.960. The number of phenolic OH excluding ortho intramolecular Hbond substituents is 2. The Morgan fingerprint density at radius 1 is 1.05 bits per heavy atom. The molecule has 2 N–H and O–H groups in total. The van der Waals surface area contributed by atoms with Crippen LogP contribution in [0, 0.1) is 0 Å². The number of rotatable bonds is 2. The Bertz CT molecular complexity index is 418. The van der Waals surface area contributed by atoms with E-state index >= 15 is 0 Å². The molecule has 0 aromatic heterocycles. The highest BCUT2D eigenvalue weighted by molar-refractivity contribution is 5.38. The van der Waals surface area contributed by atoms with E-state index in [2.05, 4.69) is 37.6 Å². The van der Waals surface area contributed by atoms with Crippen molar-refractivity contribution in [2.45, 2.75) is 38.9 Å². The van der Waals surface area contributed by atoms with Gasteiger partial charge >= 0.3 is 0 Å². The SMILES string of the molecule is CC(c1cc(O)cc(O)c1)N1CC(C)N(C)C(C)C1. The van der Waals surface area contributed by atoms with Gasteiger partial charge in [-0.15, -0.1) is 0 Å². The Balaban J connectivity index is 2.17. The lowest BCUT2D eigenvalue weighted by atomic mass is 10.0. The van der Waals surface area contributed by atoms with Gasteiger partial charge < -0.3 is 10.2 Å². The second-order valence-electron chi connectivity index (χ2n) is 5.78. The first-order valence-electron chi connectivity index (χ1n) is 6.87. The minimum Gasteiger partial charge on any atom is -0.508 e. The Hall–Kier alpha value is -1.26. The number of hydrogen-bond donors (Lipinski definition) is 2. The van der Waals surface area contributed by atoms with Crippen molar-refractivity contribution < 1.29 is 10.2 Å². The van der Waals surface area contributed by atoms with Crippen LogP contribution in [0.25, 0.3) is 0 Å². The van der Waals surface area contributed by atoms with E-state index in [1.165, 1.54) is 6.07 Å². The number of piperazine rings is 1. The van der Waals surface area contributed by atoms with Crippen molar-refractivity contribution in [1.29, 1.82) is 0 Å². The molecule has 1 aromatic rings. The molecule has 19 heavy (non-hydrogen) atoms. The van der Waals surface area contributed by atoms with Crippen LogP contribution >= 0.6 is 0 Å². The van der Waals surface area contributed by atoms with Crippen LogP contribution in [0.1, 0.15) is 32.4 Å². The molecule has 0 saturated carbocycles. The minimum absolute atomic E-state index is 0.122. The molecule has 1 aliphatic heterocycles. The number of hydrogen-bond acceptors (Lipinski definition) is 4. The van der Waals surface area contributed by atoms with Gasteiger partial charge in [-0.3, -0.25) is 9.80 Å². The molecule has 2 rings (SSSR count). The van der Waals surface area contributed by atoms with Gasteiger partial charge in [0.2, 0.25) is 0 Å². The largest absolute Gasteiger partial charge is 0.508 e. The van der Waals surface area contributed by atoms with E-state index in [4.69, 9.17) is 0 Å². The summed E-state index contributed by atoms with van der Waals surface area (Å²) >= 11 is 0. The molecular formula is C15H24N2O2. The van der Waals surface area contributed by atoms with Gasteiger partial charge in [-0.05, 0) is 45.5 Å². The fourth-order valence-electron chi connectivity index (χ4n) is 2.83. The number of nitrogens with zero attached hydrogens (tertiary/aromatic N) is 2. The maximum Gasteiger partial charge on any atom is 0.119 e. The summed E-state index contributed by atoms with van der Waals surface area (Å²) in [6, 6.07) is 6.05. The van der Waals surface area contributed by atoms with Crippen molar-refractivity contribution in [2.24, 2.45) is 0 Å². The Morgan fingerprint density at radius 3 is 2.00 bits per heavy atom. The molecule has 1 saturated heterocycles. The van der Waals surface area contributed by atoms with Crippen LogP contribution in [0.5, 0.6) is 11.5 Å². The second kappa shape index (κ2) is 5.39. The molecule has 3 unspecified atom stereocenters. The van der Waals surface area contributed by atoms with Gasteiger partial charge in [0.05, 0.1) is 0 Å². The van der Waals surface area contributed by atoms with Crippen LogP contribution in [-0.2, 0) is 0 Å². The standard InChI is InChI=1S/C15H24N2O2/c1-10-8-17(9-11(2)16(10)4)12(3)13-5-14(18)7-15(19)6-13/h5-7,10-12,18-19H,8-9H2,1-4H3. The molecule has 3 atom stereocenters. The van der Waals surface area contributed by atoms with Crippen molar-refractivity contribution in [3.05, 3.63) is 23.8 Å². The average molecular weight is 264 g/mol. The maximum absolute atomic E-state index is 9.60. The van der Waals surface area contributed by atoms with Gasteiger partial charge in [0.15, 0.2) is 0 Å². The molecule has 0 amide bonds. The summed E-state index contributed by atoms with van der Waals surface area (Å²) in [6.45, 7) is 8.58. The molecule has 0 radical (unpaired) electrons. The molecule has 1 fully saturated rings. The first-order chi connectivity index (χ1) is 8.88. The number of aromatic hydroxyl groups is 2. The van der Waals surface area contributed by atoms with E-state index in [1.807, 2.05) is 0 Å². The quantitative estimate of drug-likeness (QED) is 0.859. The van der Waals surface area contributed by atoms with Crippen molar-refractivity contribution in [3.63, 3.8) is 0 Å². The number of phenols is 2. The molecule has 0 aliphatic carbocycles. The summed E-state index contributed by atoms with van der Waals surface area (Å²) in [4.78, 5) is 4.80. The highest BCUT2D eigenvalue weighted by atomic mass is 16.3. The lowest BCUT2D eigenvalue weighted by molar-refractivity contribution is 0.0376. The number of likely N-dealkylation sites (N-methyl/N-ethyl adjacent to an activating group) is 1. The zero-order valence-electron chi connectivity index (χ0n) is 12.2. The Labute approximate surface area is 115 Å². The summed E-state index contributed by atoms with van der Waals surface area (Å²) in [5.74, 6) is 0.245. The summed E-state index contributed by atoms with van der Waals surface area (Å²) in [6.07, 6.45) is 0. The average Bonchev–Trinajstić information content (AvgIpc) is 2.33. The smallest absolute Gasteiger partial charge is 0.119 e. The monoisotopic (exact) mass is 264 g/mol. The first-order valence-corrected chi connectivity index (χ1v) is 6.87. The van der Waals surface area contributed by atoms with E-state index in [0.29, 0.717) is 12.1 Å². The van der Waals surface area contributed by atoms with Crippen molar-refractivity contribution >= 4 is 0 Å². The topological polar surface area (TPSA) is 46.9 Å². The van der Waals surface area contributed by atoms with Crippen LogP contribution in [0.15, 0.2) is 18.2 Å². The number of benzene rings is 1. The van der Waals surface area contributed by atoms with Crippen molar-refractivity contribution in [1.82, 2.24) is 9.80 Å². The van der Waals surface area contributed by atoms with E-state index in [9.17, 15) is 10.2 Å². The highest BCUT2D eigenvalue weighted by Gasteiger charge is 2.29. The Morgan fingerprint density at radius 2 is 1.53 bits per heavy atom. The summed E-state index contributed by atoms with van der Waals surface area (Å²) in [7, 11) is 2.16. The fraction of sp³-hybridized carbons (Fsp3) is 0.600. The maximum atomic E-state index is 9.60. The molecule has 4 heteroatoms. The molecule has 0 spiro atoms. The normalized spacial score (nSPS) is 27.4. The predicted octanol–water partition coefficient (Wildman–Crippen LogP) is 2.18. The predicted molar refractivity (Wildman–Crippen MR) is 76.4 cm³/mol. The lowest BCUT2D eigenvalue weighted by Crippen LogP contribution is -2.55. The second-order valence-corrected chi connectivity index (χ2v) is 5.78. The third-order valence-corrected chi connectivity index (χ3v) is 4.34. The minimum atomic E-state index is 0.122. The molecular weight excluding hydrogens is 240 g/mol. The van der Waals surface area contributed by atoms with Crippen molar-refractivity contribution in [2.75, 3.05) is 20.1 Å². The summed E-state index contributed by atoms with van der Waals surface area (Å²) < 4.78 is 0. The van der Waals surface area contributed by atoms with E-state index in [0.717, 1.165) is 18.7 Å². The van der Waals surface area contributed by atoms with Gasteiger partial charge in [0.1, 0.15) is 11.5 Å². The summed E-state index contributed by atoms with van der Waals surface area (Å²) in [5, 5.41) is 19.2. The van der Waals surface area contributed by atoms with Crippen molar-refractivity contribution in [3.8, 4) is 11.5 Å². The molecule has 4 nitrogen and oxygen atoms in total. The fourth-order valence-corrected chi connectivity index (χ4v) is 2.83. The Kier molecular flexibility index (Phi) is 4.02.